The molecule has 0 unspecified atom stereocenters. The summed E-state index contributed by atoms with van der Waals surface area (Å²) in [6.45, 7) is 10.8. The number of anilines is 1. The van der Waals surface area contributed by atoms with Crippen molar-refractivity contribution in [3.63, 3.8) is 0 Å². The molecule has 26 heavy (non-hydrogen) atoms. The number of piperidine rings is 1. The maximum atomic E-state index is 5.41. The molecule has 0 radical (unpaired) electrons. The Labute approximate surface area is 158 Å². The molecule has 142 valence electrons. The van der Waals surface area contributed by atoms with Gasteiger partial charge in [0.05, 0.1) is 5.75 Å². The lowest BCUT2D eigenvalue weighted by Gasteiger charge is -2.31. The van der Waals surface area contributed by atoms with E-state index < -0.39 is 0 Å². The number of nitrogens with zero attached hydrogens (tertiary/aromatic N) is 6. The largest absolute Gasteiger partial charge is 0.341 e. The number of hydrogen-bond donors (Lipinski definition) is 0. The molecule has 7 nitrogen and oxygen atoms in total. The zero-order chi connectivity index (χ0) is 18.3. The minimum Gasteiger partial charge on any atom is -0.341 e. The van der Waals surface area contributed by atoms with E-state index in [0.29, 0.717) is 17.7 Å². The van der Waals surface area contributed by atoms with Crippen molar-refractivity contribution in [2.24, 2.45) is 5.92 Å². The molecular formula is C18H28N6OS. The molecule has 0 atom stereocenters. The molecule has 0 spiro atoms. The highest BCUT2D eigenvalue weighted by molar-refractivity contribution is 7.98. The fourth-order valence-corrected chi connectivity index (χ4v) is 4.03. The number of thioether (sulfide) groups is 1. The molecule has 1 saturated heterocycles. The van der Waals surface area contributed by atoms with Crippen molar-refractivity contribution in [2.75, 3.05) is 18.0 Å². The Hall–Kier alpha value is -1.57. The summed E-state index contributed by atoms with van der Waals surface area (Å²) >= 11 is 1.64. The first-order chi connectivity index (χ1) is 12.4. The molecule has 0 amide bonds. The van der Waals surface area contributed by atoms with Crippen molar-refractivity contribution in [3.8, 4) is 0 Å². The third-order valence-corrected chi connectivity index (χ3v) is 6.02. The summed E-state index contributed by atoms with van der Waals surface area (Å²) in [6.07, 6.45) is 4.91. The van der Waals surface area contributed by atoms with E-state index >= 15 is 0 Å². The Morgan fingerprint density at radius 3 is 2.46 bits per heavy atom. The molecule has 0 aromatic carbocycles. The minimum atomic E-state index is -0.0982. The van der Waals surface area contributed by atoms with Crippen molar-refractivity contribution in [1.82, 2.24) is 24.9 Å². The predicted molar refractivity (Wildman–Crippen MR) is 101 cm³/mol. The highest BCUT2D eigenvalue weighted by Gasteiger charge is 2.32. The number of hydrogen-bond acceptors (Lipinski definition) is 7. The summed E-state index contributed by atoms with van der Waals surface area (Å²) < 4.78 is 7.75. The van der Waals surface area contributed by atoms with Crippen molar-refractivity contribution in [3.05, 3.63) is 11.7 Å². The first-order valence-corrected chi connectivity index (χ1v) is 10.6. The summed E-state index contributed by atoms with van der Waals surface area (Å²) in [5.74, 6) is 3.89. The van der Waals surface area contributed by atoms with Gasteiger partial charge in [0.25, 0.3) is 0 Å². The Morgan fingerprint density at radius 2 is 1.85 bits per heavy atom. The molecule has 1 aliphatic heterocycles. The van der Waals surface area contributed by atoms with Gasteiger partial charge in [0, 0.05) is 24.5 Å². The molecule has 0 N–H and O–H groups in total. The van der Waals surface area contributed by atoms with Gasteiger partial charge in [-0.2, -0.15) is 4.98 Å². The van der Waals surface area contributed by atoms with Crippen LogP contribution in [0.3, 0.4) is 0 Å². The van der Waals surface area contributed by atoms with Crippen molar-refractivity contribution < 1.29 is 4.52 Å². The van der Waals surface area contributed by atoms with Crippen molar-refractivity contribution >= 4 is 17.7 Å². The lowest BCUT2D eigenvalue weighted by molar-refractivity contribution is 0.372. The van der Waals surface area contributed by atoms with E-state index in [1.54, 1.807) is 11.8 Å². The summed E-state index contributed by atoms with van der Waals surface area (Å²) in [4.78, 5) is 6.93. The van der Waals surface area contributed by atoms with Crippen LogP contribution in [0.5, 0.6) is 0 Å². The molecular weight excluding hydrogens is 348 g/mol. The maximum Gasteiger partial charge on any atom is 0.237 e. The number of aromatic nitrogens is 5. The molecule has 8 heteroatoms. The Morgan fingerprint density at radius 1 is 1.12 bits per heavy atom. The van der Waals surface area contributed by atoms with Gasteiger partial charge in [-0.15, -0.1) is 10.2 Å². The van der Waals surface area contributed by atoms with Gasteiger partial charge in [-0.3, -0.25) is 4.57 Å². The fourth-order valence-electron chi connectivity index (χ4n) is 3.19. The van der Waals surface area contributed by atoms with Crippen LogP contribution in [0.25, 0.3) is 0 Å². The average molecular weight is 377 g/mol. The topological polar surface area (TPSA) is 72.9 Å². The lowest BCUT2D eigenvalue weighted by Crippen LogP contribution is -2.34. The van der Waals surface area contributed by atoms with Gasteiger partial charge in [0.1, 0.15) is 0 Å². The Balaban J connectivity index is 1.48. The van der Waals surface area contributed by atoms with Gasteiger partial charge >= 0.3 is 0 Å². The van der Waals surface area contributed by atoms with Crippen molar-refractivity contribution in [1.29, 1.82) is 0 Å². The van der Waals surface area contributed by atoms with E-state index in [1.165, 1.54) is 25.7 Å². The fraction of sp³-hybridized carbons (Fsp3) is 0.778. The smallest absolute Gasteiger partial charge is 0.237 e. The predicted octanol–water partition coefficient (Wildman–Crippen LogP) is 3.82. The van der Waals surface area contributed by atoms with Crippen LogP contribution in [0.15, 0.2) is 9.68 Å². The molecule has 3 heterocycles. The van der Waals surface area contributed by atoms with Crippen LogP contribution in [0.2, 0.25) is 0 Å². The van der Waals surface area contributed by atoms with Gasteiger partial charge < -0.3 is 9.42 Å². The van der Waals surface area contributed by atoms with Gasteiger partial charge in [-0.25, -0.2) is 0 Å². The second-order valence-corrected chi connectivity index (χ2v) is 9.55. The lowest BCUT2D eigenvalue weighted by atomic mass is 9.96. The summed E-state index contributed by atoms with van der Waals surface area (Å²) in [5.41, 5.74) is -0.0982. The third-order valence-electron chi connectivity index (χ3n) is 5.09. The van der Waals surface area contributed by atoms with Gasteiger partial charge in [-0.05, 0) is 31.6 Å². The average Bonchev–Trinajstić information content (AvgIpc) is 3.16. The van der Waals surface area contributed by atoms with Crippen LogP contribution < -0.4 is 4.90 Å². The molecule has 2 fully saturated rings. The van der Waals surface area contributed by atoms with Crippen LogP contribution in [0.4, 0.5) is 5.95 Å². The SMILES string of the molecule is CC1CCN(c2nnc(SCc3nc(C(C)(C)C)no3)n2C2CC2)CC1. The Bertz CT molecular complexity index is 752. The van der Waals surface area contributed by atoms with Gasteiger partial charge in [-0.1, -0.05) is 44.6 Å². The van der Waals surface area contributed by atoms with E-state index in [1.807, 2.05) is 0 Å². The highest BCUT2D eigenvalue weighted by atomic mass is 32.2. The van der Waals surface area contributed by atoms with E-state index in [-0.39, 0.29) is 5.41 Å². The Kier molecular flexibility index (Phi) is 4.71. The van der Waals surface area contributed by atoms with Crippen LogP contribution in [0.1, 0.15) is 71.1 Å². The second-order valence-electron chi connectivity index (χ2n) is 8.60. The maximum absolute atomic E-state index is 5.41. The third kappa shape index (κ3) is 3.75. The molecule has 2 aromatic rings. The van der Waals surface area contributed by atoms with Crippen molar-refractivity contribution in [2.45, 2.75) is 75.7 Å². The first-order valence-electron chi connectivity index (χ1n) is 9.57. The molecule has 2 aromatic heterocycles. The van der Waals surface area contributed by atoms with Gasteiger partial charge in [0.15, 0.2) is 11.0 Å². The van der Waals surface area contributed by atoms with Crippen LogP contribution >= 0.6 is 11.8 Å². The molecule has 0 bridgehead atoms. The molecule has 2 aliphatic rings. The van der Waals surface area contributed by atoms with Gasteiger partial charge in [0.2, 0.25) is 11.8 Å². The number of rotatable bonds is 5. The van der Waals surface area contributed by atoms with E-state index in [2.05, 4.69) is 57.5 Å². The highest BCUT2D eigenvalue weighted by Crippen LogP contribution is 2.41. The summed E-state index contributed by atoms with van der Waals surface area (Å²) in [7, 11) is 0. The summed E-state index contributed by atoms with van der Waals surface area (Å²) in [5, 5.41) is 14.1. The van der Waals surface area contributed by atoms with E-state index in [4.69, 9.17) is 4.52 Å². The van der Waals surface area contributed by atoms with Crippen LogP contribution in [0, 0.1) is 5.92 Å². The minimum absolute atomic E-state index is 0.0982. The molecule has 1 aliphatic carbocycles. The zero-order valence-corrected chi connectivity index (χ0v) is 16.9. The normalized spacial score (nSPS) is 19.3. The first kappa shape index (κ1) is 17.8. The quantitative estimate of drug-likeness (QED) is 0.734. The second kappa shape index (κ2) is 6.87. The molecule has 1 saturated carbocycles. The summed E-state index contributed by atoms with van der Waals surface area (Å²) in [6, 6.07) is 0.551. The monoisotopic (exact) mass is 376 g/mol. The van der Waals surface area contributed by atoms with Crippen LogP contribution in [-0.4, -0.2) is 38.0 Å². The van der Waals surface area contributed by atoms with E-state index in [0.717, 1.165) is 35.9 Å². The van der Waals surface area contributed by atoms with Crippen LogP contribution in [-0.2, 0) is 11.2 Å². The van der Waals surface area contributed by atoms with E-state index in [9.17, 15) is 0 Å². The zero-order valence-electron chi connectivity index (χ0n) is 16.1. The molecule has 4 rings (SSSR count). The standard InChI is InChI=1S/C18H28N6OS/c1-12-7-9-23(10-8-12)16-20-21-17(24(16)13-5-6-13)26-11-14-19-15(22-25-14)18(2,3)4/h12-13H,5-11H2,1-4H3.